The molecule has 0 N–H and O–H groups in total. The number of nitrogens with zero attached hydrogens (tertiary/aromatic N) is 2. The van der Waals surface area contributed by atoms with E-state index in [1.54, 1.807) is 23.1 Å². The second-order valence-corrected chi connectivity index (χ2v) is 5.77. The first-order valence-corrected chi connectivity index (χ1v) is 8.23. The fourth-order valence-electron chi connectivity index (χ4n) is 2.85. The maximum Gasteiger partial charge on any atom is 0.247 e. The van der Waals surface area contributed by atoms with E-state index >= 15 is 0 Å². The molecule has 2 rings (SSSR count). The predicted molar refractivity (Wildman–Crippen MR) is 93.1 cm³/mol. The highest BCUT2D eigenvalue weighted by molar-refractivity contribution is 6.10. The van der Waals surface area contributed by atoms with Gasteiger partial charge in [0.2, 0.25) is 5.91 Å². The molecule has 1 amide bonds. The van der Waals surface area contributed by atoms with Gasteiger partial charge < -0.3 is 14.4 Å². The van der Waals surface area contributed by atoms with Crippen molar-refractivity contribution in [3.05, 3.63) is 29.8 Å². The molecule has 0 bridgehead atoms. The number of amides is 1. The lowest BCUT2D eigenvalue weighted by Gasteiger charge is -2.27. The molecule has 1 heterocycles. The van der Waals surface area contributed by atoms with Crippen molar-refractivity contribution in [2.45, 2.75) is 19.3 Å². The first-order chi connectivity index (χ1) is 12.1. The van der Waals surface area contributed by atoms with E-state index in [1.807, 2.05) is 6.07 Å². The van der Waals surface area contributed by atoms with Crippen molar-refractivity contribution >= 4 is 17.8 Å². The van der Waals surface area contributed by atoms with Gasteiger partial charge in [0.15, 0.2) is 23.2 Å². The molecule has 1 saturated heterocycles. The van der Waals surface area contributed by atoms with Crippen LogP contribution in [-0.2, 0) is 9.59 Å². The van der Waals surface area contributed by atoms with Gasteiger partial charge in [0.1, 0.15) is 0 Å². The summed E-state index contributed by atoms with van der Waals surface area (Å²) in [6, 6.07) is 7.12. The lowest BCUT2D eigenvalue weighted by Crippen LogP contribution is -2.41. The quantitative estimate of drug-likeness (QED) is 0.586. The summed E-state index contributed by atoms with van der Waals surface area (Å²) in [5.41, 5.74) is 0.636. The summed E-state index contributed by atoms with van der Waals surface area (Å²) in [7, 11) is 3.04. The molecule has 132 valence electrons. The van der Waals surface area contributed by atoms with Crippen LogP contribution in [0.15, 0.2) is 24.3 Å². The minimum absolute atomic E-state index is 0.408. The molecule has 6 heteroatoms. The van der Waals surface area contributed by atoms with E-state index in [0.29, 0.717) is 30.2 Å². The number of methoxy groups -OCH3 is 2. The summed E-state index contributed by atoms with van der Waals surface area (Å²) in [5, 5.41) is 9.28. The summed E-state index contributed by atoms with van der Waals surface area (Å²) in [5.74, 6) is -1.20. The minimum atomic E-state index is -1.30. The molecule has 1 unspecified atom stereocenters. The number of allylic oxidation sites excluding steroid dienone is 1. The fraction of sp³-hybridized carbons (Fsp3) is 0.421. The van der Waals surface area contributed by atoms with Crippen molar-refractivity contribution in [2.75, 3.05) is 27.3 Å². The first kappa shape index (κ1) is 18.5. The van der Waals surface area contributed by atoms with Crippen LogP contribution in [-0.4, -0.2) is 43.9 Å². The van der Waals surface area contributed by atoms with Crippen molar-refractivity contribution in [1.29, 1.82) is 5.26 Å². The first-order valence-electron chi connectivity index (χ1n) is 8.23. The maximum atomic E-state index is 12.4. The Kier molecular flexibility index (Phi) is 6.58. The third-order valence-corrected chi connectivity index (χ3v) is 4.19. The number of nitriles is 1. The van der Waals surface area contributed by atoms with Gasteiger partial charge in [0.25, 0.3) is 0 Å². The van der Waals surface area contributed by atoms with Crippen molar-refractivity contribution in [2.24, 2.45) is 5.92 Å². The van der Waals surface area contributed by atoms with E-state index in [4.69, 9.17) is 9.47 Å². The number of ketones is 1. The Morgan fingerprint density at radius 1 is 1.20 bits per heavy atom. The van der Waals surface area contributed by atoms with Crippen LogP contribution >= 0.6 is 0 Å². The summed E-state index contributed by atoms with van der Waals surface area (Å²) in [4.78, 5) is 26.4. The van der Waals surface area contributed by atoms with Crippen LogP contribution in [0.4, 0.5) is 0 Å². The Labute approximate surface area is 147 Å². The van der Waals surface area contributed by atoms with E-state index in [0.717, 1.165) is 19.3 Å². The molecule has 0 aromatic heterocycles. The highest BCUT2D eigenvalue weighted by atomic mass is 16.5. The van der Waals surface area contributed by atoms with Gasteiger partial charge in [-0.3, -0.25) is 9.59 Å². The zero-order valence-electron chi connectivity index (χ0n) is 14.5. The van der Waals surface area contributed by atoms with Gasteiger partial charge >= 0.3 is 0 Å². The molecule has 0 spiro atoms. The molecule has 1 atom stereocenters. The van der Waals surface area contributed by atoms with Gasteiger partial charge in [-0.05, 0) is 37.5 Å². The van der Waals surface area contributed by atoms with E-state index in [1.165, 1.54) is 26.4 Å². The molecule has 1 aromatic carbocycles. The Hall–Kier alpha value is -2.81. The van der Waals surface area contributed by atoms with Crippen molar-refractivity contribution in [3.63, 3.8) is 0 Å². The summed E-state index contributed by atoms with van der Waals surface area (Å²) >= 11 is 0. The van der Waals surface area contributed by atoms with E-state index < -0.39 is 17.6 Å². The molecule has 6 nitrogen and oxygen atoms in total. The van der Waals surface area contributed by atoms with Gasteiger partial charge in [0.05, 0.1) is 20.3 Å². The summed E-state index contributed by atoms with van der Waals surface area (Å²) in [6.07, 6.45) is 5.69. The third-order valence-electron chi connectivity index (χ3n) is 4.19. The van der Waals surface area contributed by atoms with Gasteiger partial charge in [0, 0.05) is 18.7 Å². The van der Waals surface area contributed by atoms with Crippen LogP contribution in [0, 0.1) is 17.2 Å². The second-order valence-electron chi connectivity index (χ2n) is 5.77. The van der Waals surface area contributed by atoms with Crippen LogP contribution in [0.5, 0.6) is 11.5 Å². The molecule has 1 aliphatic rings. The Morgan fingerprint density at radius 3 is 2.52 bits per heavy atom. The molecule has 1 fully saturated rings. The number of carbonyl (C=O) groups is 2. The fourth-order valence-corrected chi connectivity index (χ4v) is 2.85. The smallest absolute Gasteiger partial charge is 0.247 e. The summed E-state index contributed by atoms with van der Waals surface area (Å²) < 4.78 is 10.5. The minimum Gasteiger partial charge on any atom is -0.493 e. The number of rotatable bonds is 6. The van der Waals surface area contributed by atoms with Gasteiger partial charge in [-0.2, -0.15) is 5.26 Å². The average Bonchev–Trinajstić information content (AvgIpc) is 2.66. The van der Waals surface area contributed by atoms with Gasteiger partial charge in [-0.25, -0.2) is 0 Å². The van der Waals surface area contributed by atoms with Crippen LogP contribution < -0.4 is 9.47 Å². The number of hydrogen-bond donors (Lipinski definition) is 0. The SMILES string of the molecule is COc1cccc(/C=C/C(=O)C(C#N)C(=O)N2CCCCC2)c1OC. The maximum absolute atomic E-state index is 12.4. The Bertz CT molecular complexity index is 700. The third kappa shape index (κ3) is 4.38. The second kappa shape index (κ2) is 8.88. The highest BCUT2D eigenvalue weighted by Gasteiger charge is 2.29. The molecular formula is C19H22N2O4. The van der Waals surface area contributed by atoms with Crippen LogP contribution in [0.1, 0.15) is 24.8 Å². The van der Waals surface area contributed by atoms with Crippen molar-refractivity contribution in [1.82, 2.24) is 4.90 Å². The van der Waals surface area contributed by atoms with Crippen LogP contribution in [0.2, 0.25) is 0 Å². The van der Waals surface area contributed by atoms with E-state index in [2.05, 4.69) is 0 Å². The number of hydrogen-bond acceptors (Lipinski definition) is 5. The molecule has 1 aromatic rings. The largest absolute Gasteiger partial charge is 0.493 e. The standard InChI is InChI=1S/C19H22N2O4/c1-24-17-8-6-7-14(18(17)25-2)9-10-16(22)15(13-20)19(23)21-11-4-3-5-12-21/h6-10,15H,3-5,11-12H2,1-2H3/b10-9+. The zero-order valence-corrected chi connectivity index (χ0v) is 14.5. The molecule has 0 saturated carbocycles. The monoisotopic (exact) mass is 342 g/mol. The number of piperidine rings is 1. The number of benzene rings is 1. The molecule has 0 aliphatic carbocycles. The molecule has 1 aliphatic heterocycles. The molecule has 0 radical (unpaired) electrons. The van der Waals surface area contributed by atoms with E-state index in [9.17, 15) is 14.9 Å². The highest BCUT2D eigenvalue weighted by Crippen LogP contribution is 2.31. The number of ether oxygens (including phenoxy) is 2. The van der Waals surface area contributed by atoms with Crippen LogP contribution in [0.25, 0.3) is 6.08 Å². The Morgan fingerprint density at radius 2 is 1.92 bits per heavy atom. The molecular weight excluding hydrogens is 320 g/mol. The van der Waals surface area contributed by atoms with Gasteiger partial charge in [-0.1, -0.05) is 12.1 Å². The topological polar surface area (TPSA) is 79.6 Å². The summed E-state index contributed by atoms with van der Waals surface area (Å²) in [6.45, 7) is 1.22. The van der Waals surface area contributed by atoms with E-state index in [-0.39, 0.29) is 0 Å². The molecule has 25 heavy (non-hydrogen) atoms. The van der Waals surface area contributed by atoms with Crippen LogP contribution in [0.3, 0.4) is 0 Å². The number of likely N-dealkylation sites (tertiary alicyclic amines) is 1. The average molecular weight is 342 g/mol. The van der Waals surface area contributed by atoms with Gasteiger partial charge in [-0.15, -0.1) is 0 Å². The Balaban J connectivity index is 2.15. The lowest BCUT2D eigenvalue weighted by atomic mass is 10.0. The normalized spacial score (nSPS) is 15.5. The zero-order chi connectivity index (χ0) is 18.2. The number of carbonyl (C=O) groups excluding carboxylic acids is 2. The number of para-hydroxylation sites is 1. The lowest BCUT2D eigenvalue weighted by molar-refractivity contribution is -0.138. The van der Waals surface area contributed by atoms with Crippen molar-refractivity contribution in [3.8, 4) is 17.6 Å². The predicted octanol–water partition coefficient (Wildman–Crippen LogP) is 2.44. The van der Waals surface area contributed by atoms with Crippen molar-refractivity contribution < 1.29 is 19.1 Å².